The number of aliphatic hydroxyl groups is 1. The van der Waals surface area contributed by atoms with Crippen LogP contribution in [0.4, 0.5) is 0 Å². The molecule has 2 fully saturated rings. The Labute approximate surface area is 283 Å². The van der Waals surface area contributed by atoms with E-state index in [4.69, 9.17) is 42.6 Å². The summed E-state index contributed by atoms with van der Waals surface area (Å²) in [4.78, 5) is 30.2. The lowest BCUT2D eigenvalue weighted by Crippen LogP contribution is -2.42. The molecule has 0 unspecified atom stereocenters. The Morgan fingerprint density at radius 2 is 1.43 bits per heavy atom. The molecule has 1 saturated heterocycles. The van der Waals surface area contributed by atoms with Crippen LogP contribution in [0.3, 0.4) is 0 Å². The van der Waals surface area contributed by atoms with Gasteiger partial charge in [0.1, 0.15) is 11.4 Å². The van der Waals surface area contributed by atoms with E-state index in [2.05, 4.69) is 25.9 Å². The number of nitrogens with zero attached hydrogens (tertiary/aromatic N) is 4. The minimum absolute atomic E-state index is 0.0831. The van der Waals surface area contributed by atoms with E-state index in [1.165, 1.54) is 0 Å². The first-order valence-corrected chi connectivity index (χ1v) is 16.4. The quantitative estimate of drug-likeness (QED) is 0.156. The zero-order valence-electron chi connectivity index (χ0n) is 26.2. The lowest BCUT2D eigenvalue weighted by atomic mass is 9.81. The molecule has 1 saturated carbocycles. The molecule has 4 aromatic rings. The lowest BCUT2D eigenvalue weighted by Gasteiger charge is -2.34. The second kappa shape index (κ2) is 14.9. The summed E-state index contributed by atoms with van der Waals surface area (Å²) in [6, 6.07) is 11.8. The lowest BCUT2D eigenvalue weighted by molar-refractivity contribution is -0.119. The molecule has 2 aromatic heterocycles. The first-order chi connectivity index (χ1) is 22.9. The number of aromatic nitrogens is 4. The maximum Gasteiger partial charge on any atom is 0.237 e. The Morgan fingerprint density at radius 1 is 0.872 bits per heavy atom. The second-order valence-corrected chi connectivity index (χ2v) is 12.5. The van der Waals surface area contributed by atoms with E-state index in [-0.39, 0.29) is 18.6 Å². The number of amides is 1. The summed E-state index contributed by atoms with van der Waals surface area (Å²) >= 11 is 14.1. The molecule has 2 aromatic carbocycles. The van der Waals surface area contributed by atoms with Crippen molar-refractivity contribution in [2.75, 3.05) is 27.4 Å². The number of aliphatic hydroxyl groups excluding tert-OH is 1. The number of methoxy groups -OCH3 is 2. The summed E-state index contributed by atoms with van der Waals surface area (Å²) in [7, 11) is 3.13. The average Bonchev–Trinajstić information content (AvgIpc) is 3.49. The van der Waals surface area contributed by atoms with E-state index < -0.39 is 0 Å². The molecule has 2 aliphatic rings. The fourth-order valence-corrected chi connectivity index (χ4v) is 6.64. The third kappa shape index (κ3) is 7.34. The molecule has 0 bridgehead atoms. The number of nitrogens with one attached hydrogen (secondary N) is 3. The maximum absolute atomic E-state index is 11.5. The summed E-state index contributed by atoms with van der Waals surface area (Å²) in [6.07, 6.45) is 6.64. The predicted molar refractivity (Wildman–Crippen MR) is 180 cm³/mol. The van der Waals surface area contributed by atoms with Crippen molar-refractivity contribution in [2.24, 2.45) is 5.92 Å². The van der Waals surface area contributed by atoms with Crippen LogP contribution in [0.25, 0.3) is 33.6 Å². The van der Waals surface area contributed by atoms with E-state index >= 15 is 0 Å². The first-order valence-electron chi connectivity index (χ1n) is 15.6. The second-order valence-electron chi connectivity index (χ2n) is 11.8. The molecule has 0 radical (unpaired) electrons. The van der Waals surface area contributed by atoms with E-state index in [1.54, 1.807) is 26.6 Å². The maximum atomic E-state index is 11.5. The van der Waals surface area contributed by atoms with Gasteiger partial charge in [-0.05, 0) is 25.2 Å². The summed E-state index contributed by atoms with van der Waals surface area (Å²) in [6.45, 7) is 1.82. The van der Waals surface area contributed by atoms with Crippen LogP contribution >= 0.6 is 23.2 Å². The number of halogens is 2. The van der Waals surface area contributed by atoms with Gasteiger partial charge >= 0.3 is 0 Å². The normalized spacial score (nSPS) is 18.9. The zero-order valence-corrected chi connectivity index (χ0v) is 27.7. The molecule has 3 heterocycles. The smallest absolute Gasteiger partial charge is 0.237 e. The number of hydrogen-bond donors (Lipinski definition) is 4. The molecule has 47 heavy (non-hydrogen) atoms. The zero-order chi connectivity index (χ0) is 32.9. The molecule has 13 heteroatoms. The van der Waals surface area contributed by atoms with Crippen LogP contribution < -0.4 is 25.4 Å². The van der Waals surface area contributed by atoms with Gasteiger partial charge in [-0.1, -0.05) is 59.6 Å². The monoisotopic (exact) mass is 677 g/mol. The molecule has 0 spiro atoms. The van der Waals surface area contributed by atoms with E-state index in [0.29, 0.717) is 93.7 Å². The Bertz CT molecular complexity index is 1750. The first kappa shape index (κ1) is 33.0. The summed E-state index contributed by atoms with van der Waals surface area (Å²) in [5.41, 5.74) is 5.31. The van der Waals surface area contributed by atoms with Crippen LogP contribution in [0.5, 0.6) is 11.8 Å². The molecule has 4 N–H and O–H groups in total. The van der Waals surface area contributed by atoms with Crippen molar-refractivity contribution in [3.8, 4) is 45.4 Å². The highest BCUT2D eigenvalue weighted by atomic mass is 35.5. The third-order valence-electron chi connectivity index (χ3n) is 8.67. The Balaban J connectivity index is 1.21. The van der Waals surface area contributed by atoms with Crippen molar-refractivity contribution in [2.45, 2.75) is 50.9 Å². The van der Waals surface area contributed by atoms with Gasteiger partial charge in [0.15, 0.2) is 0 Å². The van der Waals surface area contributed by atoms with Gasteiger partial charge in [0, 0.05) is 67.0 Å². The molecular weight excluding hydrogens is 641 g/mol. The fraction of sp³-hybridized carbons (Fsp3) is 0.382. The van der Waals surface area contributed by atoms with Crippen LogP contribution in [0, 0.1) is 5.92 Å². The SMILES string of the molecule is COc1nc(-c2cccc(-c3cccc(-c4cnc(CNC5CC(CO)C5)c(OC)n4)c3Cl)c2Cl)cnc1CNC[C@@H]1CCC(=O)N1. The Morgan fingerprint density at radius 3 is 1.94 bits per heavy atom. The van der Waals surface area contributed by atoms with Gasteiger partial charge in [-0.15, -0.1) is 0 Å². The van der Waals surface area contributed by atoms with Crippen LogP contribution in [-0.2, 0) is 17.9 Å². The standard InChI is InChI=1S/C34H37Cl2N7O4/c1-46-33-28(14-37-13-20-9-10-30(45)41-20)39-15-26(42-33)24-7-3-5-22(31(24)35)23-6-4-8-25(32(23)36)27-16-40-29(34(43-27)47-2)17-38-21-11-19(12-21)18-44/h3-8,15-16,19-21,37-38,44H,9-14,17-18H2,1-2H3,(H,41,45)/t19?,20-,21?/m0/s1. The predicted octanol–water partition coefficient (Wildman–Crippen LogP) is 4.82. The Kier molecular flexibility index (Phi) is 10.5. The highest BCUT2D eigenvalue weighted by molar-refractivity contribution is 6.39. The number of hydrogen-bond acceptors (Lipinski definition) is 10. The molecular formula is C34H37Cl2N7O4. The van der Waals surface area contributed by atoms with Gasteiger partial charge in [-0.2, -0.15) is 0 Å². The number of rotatable bonds is 13. The van der Waals surface area contributed by atoms with Crippen molar-refractivity contribution >= 4 is 29.1 Å². The van der Waals surface area contributed by atoms with Crippen molar-refractivity contribution in [3.63, 3.8) is 0 Å². The van der Waals surface area contributed by atoms with E-state index in [1.807, 2.05) is 36.4 Å². The number of ether oxygens (including phenoxy) is 2. The van der Waals surface area contributed by atoms with Gasteiger partial charge in [0.2, 0.25) is 17.7 Å². The van der Waals surface area contributed by atoms with Crippen LogP contribution in [-0.4, -0.2) is 70.4 Å². The summed E-state index contributed by atoms with van der Waals surface area (Å²) in [5.74, 6) is 1.26. The minimum Gasteiger partial charge on any atom is -0.480 e. The van der Waals surface area contributed by atoms with E-state index in [9.17, 15) is 9.90 Å². The number of carbonyl (C=O) groups is 1. The average molecular weight is 679 g/mol. The minimum atomic E-state index is 0.0831. The van der Waals surface area contributed by atoms with Gasteiger partial charge in [0.25, 0.3) is 0 Å². The highest BCUT2D eigenvalue weighted by Gasteiger charge is 2.28. The van der Waals surface area contributed by atoms with Gasteiger partial charge in [-0.25, -0.2) is 9.97 Å². The fourth-order valence-electron chi connectivity index (χ4n) is 5.99. The largest absolute Gasteiger partial charge is 0.480 e. The van der Waals surface area contributed by atoms with Crippen molar-refractivity contribution < 1.29 is 19.4 Å². The molecule has 6 rings (SSSR count). The molecule has 246 valence electrons. The van der Waals surface area contributed by atoms with E-state index in [0.717, 1.165) is 30.4 Å². The summed E-state index contributed by atoms with van der Waals surface area (Å²) < 4.78 is 11.2. The van der Waals surface area contributed by atoms with Crippen molar-refractivity contribution in [3.05, 3.63) is 70.2 Å². The number of carbonyl (C=O) groups excluding carboxylic acids is 1. The topological polar surface area (TPSA) is 143 Å². The van der Waals surface area contributed by atoms with Gasteiger partial charge < -0.3 is 30.5 Å². The van der Waals surface area contributed by atoms with Gasteiger partial charge in [0.05, 0.1) is 48.0 Å². The molecule has 1 aliphatic carbocycles. The molecule has 1 aliphatic heterocycles. The van der Waals surface area contributed by atoms with Gasteiger partial charge in [-0.3, -0.25) is 14.8 Å². The van der Waals surface area contributed by atoms with Crippen LogP contribution in [0.1, 0.15) is 37.1 Å². The molecule has 11 nitrogen and oxygen atoms in total. The molecule has 1 amide bonds. The highest BCUT2D eigenvalue weighted by Crippen LogP contribution is 2.42. The van der Waals surface area contributed by atoms with Crippen LogP contribution in [0.15, 0.2) is 48.8 Å². The Hall–Kier alpha value is -3.87. The van der Waals surface area contributed by atoms with Crippen molar-refractivity contribution in [1.82, 2.24) is 35.9 Å². The summed E-state index contributed by atoms with van der Waals surface area (Å²) in [5, 5.41) is 20.0. The van der Waals surface area contributed by atoms with Crippen LogP contribution in [0.2, 0.25) is 10.0 Å². The third-order valence-corrected chi connectivity index (χ3v) is 9.48. The van der Waals surface area contributed by atoms with Crippen molar-refractivity contribution in [1.29, 1.82) is 0 Å². The molecule has 1 atom stereocenters. The number of benzene rings is 2.